The van der Waals surface area contributed by atoms with Crippen LogP contribution in [0.2, 0.25) is 0 Å². The van der Waals surface area contributed by atoms with Crippen molar-refractivity contribution in [1.29, 1.82) is 0 Å². The second-order valence-corrected chi connectivity index (χ2v) is 15.6. The first-order chi connectivity index (χ1) is 25.5. The Bertz CT molecular complexity index is 2140. The van der Waals surface area contributed by atoms with Crippen LogP contribution in [0, 0.1) is 0 Å². The fraction of sp³-hybridized carbons (Fsp3) is 0.323. The molecule has 0 bridgehead atoms. The van der Waals surface area contributed by atoms with Crippen molar-refractivity contribution in [2.45, 2.75) is 28.1 Å². The smallest absolute Gasteiger partial charge is 0.857 e. The van der Waals surface area contributed by atoms with Crippen LogP contribution < -0.4 is 55.5 Å². The molecule has 1 amide bonds. The summed E-state index contributed by atoms with van der Waals surface area (Å²) in [7, 11) is 4.01. The molecular weight excluding hydrogens is 792 g/mol. The molecule has 18 nitrogen and oxygen atoms in total. The maximum absolute atomic E-state index is 13.4. The Morgan fingerprint density at radius 1 is 1.26 bits per heavy atom. The number of aliphatic carboxylic acids is 1. The summed E-state index contributed by atoms with van der Waals surface area (Å²) in [6.45, 7) is 1.70. The summed E-state index contributed by atoms with van der Waals surface area (Å²) >= 11 is 4.95. The minimum atomic E-state index is -1.47. The summed E-state index contributed by atoms with van der Waals surface area (Å²) in [6.07, 6.45) is 5.04. The average molecular weight is 823 g/mol. The van der Waals surface area contributed by atoms with Crippen molar-refractivity contribution in [3.8, 4) is 17.3 Å². The summed E-state index contributed by atoms with van der Waals surface area (Å²) in [5.74, 6) is -2.54. The molecule has 2 atom stereocenters. The molecule has 54 heavy (non-hydrogen) atoms. The van der Waals surface area contributed by atoms with Crippen LogP contribution >= 0.6 is 46.6 Å². The Hall–Kier alpha value is -3.90. The number of thioether (sulfide) groups is 3. The van der Waals surface area contributed by atoms with Gasteiger partial charge in [0.1, 0.15) is 29.1 Å². The number of nitrogen functional groups attached to an aromatic ring is 1. The van der Waals surface area contributed by atoms with Gasteiger partial charge in [-0.05, 0) is 19.7 Å². The number of amides is 1. The van der Waals surface area contributed by atoms with Crippen molar-refractivity contribution < 1.29 is 68.3 Å². The quantitative estimate of drug-likeness (QED) is 0.0144. The van der Waals surface area contributed by atoms with Crippen molar-refractivity contribution in [1.82, 2.24) is 30.0 Å². The summed E-state index contributed by atoms with van der Waals surface area (Å²) in [5, 5.41) is 47.9. The number of pyridine rings is 2. The number of nitrogens with zero attached hydrogens (tertiary/aromatic N) is 8. The van der Waals surface area contributed by atoms with Gasteiger partial charge in [0, 0.05) is 57.8 Å². The number of thiazole rings is 1. The number of hydrogen-bond donors (Lipinski definition) is 3. The normalized spacial score (nSPS) is 17.3. The van der Waals surface area contributed by atoms with E-state index in [0.29, 0.717) is 17.1 Å². The van der Waals surface area contributed by atoms with E-state index in [2.05, 4.69) is 39.8 Å². The molecule has 0 aromatic carbocycles. The van der Waals surface area contributed by atoms with E-state index in [1.807, 2.05) is 38.6 Å². The topological polar surface area (TPSA) is 255 Å². The van der Waals surface area contributed by atoms with E-state index in [-0.39, 0.29) is 81.0 Å². The molecule has 278 valence electrons. The molecule has 2 aliphatic heterocycles. The third-order valence-corrected chi connectivity index (χ3v) is 11.5. The third-order valence-electron chi connectivity index (χ3n) is 7.60. The fourth-order valence-electron chi connectivity index (χ4n) is 4.94. The monoisotopic (exact) mass is 822 g/mol. The van der Waals surface area contributed by atoms with Gasteiger partial charge < -0.3 is 45.0 Å². The first-order valence-corrected chi connectivity index (χ1v) is 19.6. The summed E-state index contributed by atoms with van der Waals surface area (Å²) in [4.78, 5) is 57.7. The third kappa shape index (κ3) is 9.85. The second kappa shape index (κ2) is 18.6. The summed E-state index contributed by atoms with van der Waals surface area (Å²) < 4.78 is 7.58. The van der Waals surface area contributed by atoms with Crippen LogP contribution in [0.5, 0.6) is 5.75 Å². The van der Waals surface area contributed by atoms with E-state index >= 15 is 0 Å². The molecule has 4 aromatic heterocycles. The van der Waals surface area contributed by atoms with Gasteiger partial charge >= 0.3 is 29.6 Å². The molecule has 1 saturated heterocycles. The largest absolute Gasteiger partial charge is 1.00 e. The number of oxime groups is 1. The minimum Gasteiger partial charge on any atom is -0.857 e. The molecule has 23 heteroatoms. The van der Waals surface area contributed by atoms with E-state index in [1.54, 1.807) is 0 Å². The number of likely N-dealkylation sites (N-methyl/N-ethyl adjacent to an activating group) is 1. The molecule has 0 saturated carbocycles. The number of aromatic amines is 1. The number of aliphatic imine (C=N–C) groups is 1. The molecule has 6 rings (SSSR count). The Kier molecular flexibility index (Phi) is 14.2. The number of β-lactam (4-membered cyclic amide) rings is 1. The van der Waals surface area contributed by atoms with E-state index in [0.717, 1.165) is 58.2 Å². The van der Waals surface area contributed by atoms with Gasteiger partial charge in [-0.3, -0.25) is 19.5 Å². The molecule has 0 spiro atoms. The number of carboxylic acid groups (broad SMARTS) is 1. The minimum absolute atomic E-state index is 0. The zero-order valence-corrected chi connectivity index (χ0v) is 34.3. The maximum atomic E-state index is 13.4. The predicted octanol–water partition coefficient (Wildman–Crippen LogP) is -3.63. The van der Waals surface area contributed by atoms with Crippen LogP contribution in [0.15, 0.2) is 82.9 Å². The first-order valence-electron chi connectivity index (χ1n) is 15.7. The summed E-state index contributed by atoms with van der Waals surface area (Å²) in [6, 6.07) is 3.88. The van der Waals surface area contributed by atoms with E-state index in [1.165, 1.54) is 28.9 Å². The van der Waals surface area contributed by atoms with Crippen molar-refractivity contribution in [2.75, 3.05) is 50.2 Å². The van der Waals surface area contributed by atoms with Crippen LogP contribution in [0.3, 0.4) is 0 Å². The number of anilines is 1. The number of carbonyl (C=O) groups excluding carboxylic acids is 2. The Morgan fingerprint density at radius 2 is 2.04 bits per heavy atom. The van der Waals surface area contributed by atoms with Gasteiger partial charge in [-0.25, -0.2) is 9.55 Å². The molecule has 6 heterocycles. The van der Waals surface area contributed by atoms with E-state index < -0.39 is 40.4 Å². The molecule has 1 fully saturated rings. The SMILES string of the molecule is CN(C)CC[n+]1ccc(SCC2=C(C(=O)[O-])N3C(=O)[C@@H](N=C([O-])/C(=N\OCCSc4nnc(-c5cc(=O)c(O)c[nH]5)o4)c4csc(N)n4)[C@H]3SC2)cc1.[Na+]. The van der Waals surface area contributed by atoms with Gasteiger partial charge in [-0.1, -0.05) is 16.9 Å². The van der Waals surface area contributed by atoms with Gasteiger partial charge in [0.25, 0.3) is 17.0 Å². The molecule has 0 radical (unpaired) electrons. The van der Waals surface area contributed by atoms with Crippen molar-refractivity contribution in [3.63, 3.8) is 0 Å². The van der Waals surface area contributed by atoms with E-state index in [9.17, 15) is 29.7 Å². The first kappa shape index (κ1) is 41.3. The van der Waals surface area contributed by atoms with Crippen molar-refractivity contribution in [2.24, 2.45) is 10.1 Å². The van der Waals surface area contributed by atoms with Crippen molar-refractivity contribution >= 4 is 75.2 Å². The molecule has 4 N–H and O–H groups in total. The average Bonchev–Trinajstić information content (AvgIpc) is 3.80. The number of carboxylic acids is 1. The van der Waals surface area contributed by atoms with Crippen LogP contribution in [0.4, 0.5) is 5.13 Å². The van der Waals surface area contributed by atoms with Gasteiger partial charge in [-0.15, -0.1) is 45.1 Å². The number of fused-ring (bicyclic) bond motifs is 1. The zero-order valence-electron chi connectivity index (χ0n) is 29.0. The number of carbonyl (C=O) groups is 2. The number of nitrogens with two attached hydrogens (primary N) is 1. The molecule has 0 aliphatic carbocycles. The number of rotatable bonds is 16. The Labute approximate surface area is 346 Å². The van der Waals surface area contributed by atoms with E-state index in [4.69, 9.17) is 15.0 Å². The van der Waals surface area contributed by atoms with Crippen molar-refractivity contribution in [3.05, 3.63) is 69.4 Å². The van der Waals surface area contributed by atoms with Crippen LogP contribution in [-0.2, 0) is 21.0 Å². The van der Waals surface area contributed by atoms with Gasteiger partial charge in [0.05, 0.1) is 18.2 Å². The molecule has 0 unspecified atom stereocenters. The number of hydrogen-bond acceptors (Lipinski definition) is 19. The Balaban J connectivity index is 0.00000561. The maximum Gasteiger partial charge on any atom is 1.00 e. The molecule has 2 aliphatic rings. The van der Waals surface area contributed by atoms with Gasteiger partial charge in [-0.2, -0.15) is 0 Å². The second-order valence-electron chi connectivity index (χ2n) is 11.6. The zero-order chi connectivity index (χ0) is 37.6. The molecule has 4 aromatic rings. The van der Waals surface area contributed by atoms with Crippen LogP contribution in [0.1, 0.15) is 5.69 Å². The number of aromatic nitrogens is 5. The Morgan fingerprint density at radius 3 is 2.72 bits per heavy atom. The van der Waals surface area contributed by atoms with Gasteiger partial charge in [0.2, 0.25) is 5.43 Å². The van der Waals surface area contributed by atoms with Crippen LogP contribution in [-0.4, -0.2) is 114 Å². The molecular formula is C31H31N10NaO8S4. The standard InChI is InChI=1S/C31H32N10O8S4.Na/c1-39(2)7-8-40-5-3-17(4-6-40)51-13-16-14-52-28-23(27(45)41(28)24(16)29(46)47)35-25(44)22(19-15-53-30(32)34-19)38-48-9-10-50-31-37-36-26(49-31)18-11-20(42)21(43)12-33-18;/h3-6,11-12,15,23,28H,7-10,13-14H2,1-2H3,(H5-,32,33,34,35,36,38,42,43,44,46,47);/q;+1/p-1/t23-,28-;/m1./s1. The van der Waals surface area contributed by atoms with Gasteiger partial charge in [0.15, 0.2) is 35.9 Å². The predicted molar refractivity (Wildman–Crippen MR) is 194 cm³/mol. The number of nitrogens with one attached hydrogen (secondary N) is 1. The van der Waals surface area contributed by atoms with Crippen LogP contribution in [0.25, 0.3) is 11.6 Å². The number of H-pyrrole nitrogens is 1. The number of aromatic hydroxyl groups is 1. The summed E-state index contributed by atoms with van der Waals surface area (Å²) in [5.41, 5.74) is 5.55. The fourth-order valence-corrected chi connectivity index (χ4v) is 8.41.